The molecule has 14 heteroatoms. The van der Waals surface area contributed by atoms with Gasteiger partial charge in [-0.05, 0) is 12.1 Å². The van der Waals surface area contributed by atoms with Crippen molar-refractivity contribution in [3.05, 3.63) is 28.3 Å². The summed E-state index contributed by atoms with van der Waals surface area (Å²) in [6.07, 6.45) is 0. The molecule has 1 rings (SSSR count). The standard InChI is InChI=1S/C10H8F3NO8S2/c1-22-9(15)5-23(18,19)8-3-2-6(4-7(8)14(16)17)24(20,21)10(11,12)13/h2-4H,5H2,1H3. The van der Waals surface area contributed by atoms with E-state index in [4.69, 9.17) is 0 Å². The van der Waals surface area contributed by atoms with Crippen LogP contribution < -0.4 is 0 Å². The van der Waals surface area contributed by atoms with E-state index in [0.717, 1.165) is 7.11 Å². The number of benzene rings is 1. The van der Waals surface area contributed by atoms with Gasteiger partial charge in [-0.25, -0.2) is 16.8 Å². The first-order chi connectivity index (χ1) is 10.7. The summed E-state index contributed by atoms with van der Waals surface area (Å²) < 4.78 is 87.8. The monoisotopic (exact) mass is 391 g/mol. The summed E-state index contributed by atoms with van der Waals surface area (Å²) in [4.78, 5) is 17.9. The van der Waals surface area contributed by atoms with Crippen LogP contribution in [-0.4, -0.2) is 46.1 Å². The molecule has 1 aromatic rings. The average molecular weight is 391 g/mol. The predicted octanol–water partition coefficient (Wildman–Crippen LogP) is 0.835. The van der Waals surface area contributed by atoms with E-state index in [1.54, 1.807) is 0 Å². The number of esters is 1. The summed E-state index contributed by atoms with van der Waals surface area (Å²) in [7, 11) is -9.70. The first-order valence-corrected chi connectivity index (χ1v) is 8.77. The van der Waals surface area contributed by atoms with Gasteiger partial charge in [-0.2, -0.15) is 13.2 Å². The van der Waals surface area contributed by atoms with Crippen molar-refractivity contribution < 1.29 is 44.5 Å². The molecule has 1 aromatic carbocycles. The molecule has 0 saturated heterocycles. The lowest BCUT2D eigenvalue weighted by molar-refractivity contribution is -0.388. The fraction of sp³-hybridized carbons (Fsp3) is 0.300. The highest BCUT2D eigenvalue weighted by molar-refractivity contribution is 7.92. The second kappa shape index (κ2) is 6.35. The summed E-state index contributed by atoms with van der Waals surface area (Å²) in [5.41, 5.74) is -7.14. The number of methoxy groups -OCH3 is 1. The van der Waals surface area contributed by atoms with Crippen LogP contribution in [0.25, 0.3) is 0 Å². The van der Waals surface area contributed by atoms with E-state index >= 15 is 0 Å². The number of nitrogens with zero attached hydrogens (tertiary/aromatic N) is 1. The van der Waals surface area contributed by atoms with Crippen LogP contribution in [0.4, 0.5) is 18.9 Å². The van der Waals surface area contributed by atoms with Crippen molar-refractivity contribution in [2.75, 3.05) is 12.9 Å². The topological polar surface area (TPSA) is 138 Å². The van der Waals surface area contributed by atoms with Crippen molar-refractivity contribution in [2.45, 2.75) is 15.3 Å². The Morgan fingerprint density at radius 1 is 1.25 bits per heavy atom. The van der Waals surface area contributed by atoms with E-state index in [9.17, 15) is 44.9 Å². The van der Waals surface area contributed by atoms with Gasteiger partial charge in [0.05, 0.1) is 16.9 Å². The van der Waals surface area contributed by atoms with E-state index in [1.165, 1.54) is 0 Å². The van der Waals surface area contributed by atoms with Gasteiger partial charge in [0.15, 0.2) is 15.6 Å². The lowest BCUT2D eigenvalue weighted by Crippen LogP contribution is -2.24. The largest absolute Gasteiger partial charge is 0.501 e. The van der Waals surface area contributed by atoms with Gasteiger partial charge in [-0.15, -0.1) is 0 Å². The first-order valence-electron chi connectivity index (χ1n) is 5.63. The van der Waals surface area contributed by atoms with E-state index in [1.807, 2.05) is 0 Å². The summed E-state index contributed by atoms with van der Waals surface area (Å²) >= 11 is 0. The molecule has 134 valence electrons. The maximum atomic E-state index is 12.5. The maximum Gasteiger partial charge on any atom is 0.501 e. The molecule has 0 heterocycles. The SMILES string of the molecule is COC(=O)CS(=O)(=O)c1ccc(S(=O)(=O)C(F)(F)F)cc1[N+](=O)[O-]. The molecule has 0 fully saturated rings. The highest BCUT2D eigenvalue weighted by Gasteiger charge is 2.47. The van der Waals surface area contributed by atoms with Gasteiger partial charge in [-0.3, -0.25) is 14.9 Å². The number of hydrogen-bond acceptors (Lipinski definition) is 8. The summed E-state index contributed by atoms with van der Waals surface area (Å²) in [5.74, 6) is -2.58. The van der Waals surface area contributed by atoms with Crippen molar-refractivity contribution in [2.24, 2.45) is 0 Å². The fourth-order valence-electron chi connectivity index (χ4n) is 1.50. The van der Waals surface area contributed by atoms with Gasteiger partial charge >= 0.3 is 11.5 Å². The molecule has 0 aliphatic heterocycles. The molecule has 0 aliphatic rings. The molecule has 0 radical (unpaired) electrons. The van der Waals surface area contributed by atoms with Gasteiger partial charge < -0.3 is 4.74 Å². The molecule has 0 aromatic heterocycles. The van der Waals surface area contributed by atoms with Gasteiger partial charge in [0.25, 0.3) is 15.5 Å². The minimum Gasteiger partial charge on any atom is -0.468 e. The normalized spacial score (nSPS) is 12.7. The number of carbonyl (C=O) groups excluding carboxylic acids is 1. The third kappa shape index (κ3) is 3.81. The number of alkyl halides is 3. The van der Waals surface area contributed by atoms with Crippen LogP contribution in [0, 0.1) is 10.1 Å². The quantitative estimate of drug-likeness (QED) is 0.409. The molecule has 0 aliphatic carbocycles. The second-order valence-electron chi connectivity index (χ2n) is 4.17. The van der Waals surface area contributed by atoms with Gasteiger partial charge in [0, 0.05) is 6.07 Å². The van der Waals surface area contributed by atoms with Gasteiger partial charge in [-0.1, -0.05) is 0 Å². The Morgan fingerprint density at radius 3 is 2.21 bits per heavy atom. The maximum absolute atomic E-state index is 12.5. The van der Waals surface area contributed by atoms with Crippen molar-refractivity contribution in [3.8, 4) is 0 Å². The summed E-state index contributed by atoms with van der Waals surface area (Å²) in [5, 5.41) is 10.9. The minimum atomic E-state index is -5.91. The summed E-state index contributed by atoms with van der Waals surface area (Å²) in [6.45, 7) is 0. The van der Waals surface area contributed by atoms with Crippen LogP contribution in [0.2, 0.25) is 0 Å². The van der Waals surface area contributed by atoms with Crippen LogP contribution in [0.15, 0.2) is 28.0 Å². The third-order valence-corrected chi connectivity index (χ3v) is 5.73. The Balaban J connectivity index is 3.59. The third-order valence-electron chi connectivity index (χ3n) is 2.61. The minimum absolute atomic E-state index is 0.0347. The number of hydrogen-bond donors (Lipinski definition) is 0. The highest BCUT2D eigenvalue weighted by atomic mass is 32.2. The number of ether oxygens (including phenoxy) is 1. The fourth-order valence-corrected chi connectivity index (χ4v) is 3.59. The van der Waals surface area contributed by atoms with Crippen molar-refractivity contribution in [1.29, 1.82) is 0 Å². The summed E-state index contributed by atoms with van der Waals surface area (Å²) in [6, 6.07) is 0.530. The Morgan fingerprint density at radius 2 is 1.79 bits per heavy atom. The second-order valence-corrected chi connectivity index (χ2v) is 8.07. The Kier molecular flexibility index (Phi) is 5.25. The van der Waals surface area contributed by atoms with Crippen LogP contribution in [0.5, 0.6) is 0 Å². The Bertz CT molecular complexity index is 889. The highest BCUT2D eigenvalue weighted by Crippen LogP contribution is 2.34. The van der Waals surface area contributed by atoms with E-state index in [-0.39, 0.29) is 12.1 Å². The Hall–Kier alpha value is -2.22. The molecule has 0 amide bonds. The van der Waals surface area contributed by atoms with E-state index < -0.39 is 57.3 Å². The number of nitro groups is 1. The molecular weight excluding hydrogens is 383 g/mol. The number of halogens is 3. The molecule has 9 nitrogen and oxygen atoms in total. The number of nitro benzene ring substituents is 1. The number of sulfone groups is 2. The molecule has 24 heavy (non-hydrogen) atoms. The lowest BCUT2D eigenvalue weighted by atomic mass is 10.3. The van der Waals surface area contributed by atoms with Crippen LogP contribution in [0.1, 0.15) is 0 Å². The Labute approximate surface area is 133 Å². The van der Waals surface area contributed by atoms with Gasteiger partial charge in [0.1, 0.15) is 4.90 Å². The van der Waals surface area contributed by atoms with Crippen LogP contribution in [-0.2, 0) is 29.2 Å². The zero-order valence-corrected chi connectivity index (χ0v) is 13.2. The predicted molar refractivity (Wildman–Crippen MR) is 70.4 cm³/mol. The van der Waals surface area contributed by atoms with Crippen molar-refractivity contribution >= 4 is 31.3 Å². The van der Waals surface area contributed by atoms with E-state index in [2.05, 4.69) is 4.74 Å². The lowest BCUT2D eigenvalue weighted by Gasteiger charge is -2.09. The van der Waals surface area contributed by atoms with Crippen LogP contribution >= 0.6 is 0 Å². The molecule has 0 unspecified atom stereocenters. The molecular formula is C10H8F3NO8S2. The van der Waals surface area contributed by atoms with E-state index in [0.29, 0.717) is 6.07 Å². The molecule has 0 atom stereocenters. The molecule has 0 bridgehead atoms. The number of carbonyl (C=O) groups is 1. The smallest absolute Gasteiger partial charge is 0.468 e. The average Bonchev–Trinajstić information content (AvgIpc) is 2.44. The zero-order valence-electron chi connectivity index (χ0n) is 11.6. The van der Waals surface area contributed by atoms with Crippen LogP contribution in [0.3, 0.4) is 0 Å². The molecule has 0 N–H and O–H groups in total. The molecule has 0 spiro atoms. The van der Waals surface area contributed by atoms with Crippen molar-refractivity contribution in [3.63, 3.8) is 0 Å². The molecule has 0 saturated carbocycles. The first kappa shape index (κ1) is 19.8. The van der Waals surface area contributed by atoms with Gasteiger partial charge in [0.2, 0.25) is 0 Å². The number of rotatable bonds is 5. The zero-order chi connectivity index (χ0) is 18.9. The van der Waals surface area contributed by atoms with Crippen molar-refractivity contribution in [1.82, 2.24) is 0 Å².